The van der Waals surface area contributed by atoms with Crippen LogP contribution < -0.4 is 5.32 Å². The van der Waals surface area contributed by atoms with E-state index in [-0.39, 0.29) is 19.0 Å². The predicted molar refractivity (Wildman–Crippen MR) is 130 cm³/mol. The molecule has 2 N–H and O–H groups in total. The zero-order chi connectivity index (χ0) is 25.4. The van der Waals surface area contributed by atoms with Crippen LogP contribution in [0.2, 0.25) is 0 Å². The van der Waals surface area contributed by atoms with Gasteiger partial charge < -0.3 is 15.2 Å². The van der Waals surface area contributed by atoms with Crippen LogP contribution >= 0.6 is 0 Å². The number of esters is 1. The molecule has 0 radical (unpaired) electrons. The Morgan fingerprint density at radius 2 is 1.63 bits per heavy atom. The summed E-state index contributed by atoms with van der Waals surface area (Å²) in [5.41, 5.74) is 2.77. The second kappa shape index (κ2) is 12.1. The number of phenols is 1. The molecule has 0 saturated carbocycles. The second-order valence-electron chi connectivity index (χ2n) is 8.42. The zero-order valence-corrected chi connectivity index (χ0v) is 19.8. The van der Waals surface area contributed by atoms with E-state index in [1.54, 1.807) is 13.8 Å². The van der Waals surface area contributed by atoms with E-state index in [1.165, 1.54) is 0 Å². The van der Waals surface area contributed by atoms with Crippen molar-refractivity contribution in [2.24, 2.45) is 5.92 Å². The largest absolute Gasteiger partial charge is 0.503 e. The van der Waals surface area contributed by atoms with Gasteiger partial charge in [0.15, 0.2) is 17.4 Å². The number of nitrogens with one attached hydrogen (secondary N) is 1. The molecule has 0 aliphatic heterocycles. The molecule has 0 aliphatic carbocycles. The average Bonchev–Trinajstić information content (AvgIpc) is 2.86. The van der Waals surface area contributed by atoms with Crippen LogP contribution in [-0.2, 0) is 16.0 Å². The molecule has 3 aromatic carbocycles. The monoisotopic (exact) mass is 481 g/mol. The van der Waals surface area contributed by atoms with Crippen molar-refractivity contribution >= 4 is 11.9 Å². The maximum absolute atomic E-state index is 14.3. The van der Waals surface area contributed by atoms with Crippen LogP contribution in [0.1, 0.15) is 42.6 Å². The number of phenolic OH excluding ortho intramolecular Hbond substituents is 1. The highest BCUT2D eigenvalue weighted by atomic mass is 19.1. The highest BCUT2D eigenvalue weighted by molar-refractivity contribution is 5.95. The molecule has 0 bridgehead atoms. The topological polar surface area (TPSA) is 75.6 Å². The lowest BCUT2D eigenvalue weighted by molar-refractivity contribution is -0.147. The van der Waals surface area contributed by atoms with Gasteiger partial charge in [0.25, 0.3) is 5.91 Å². The van der Waals surface area contributed by atoms with Gasteiger partial charge in [-0.15, -0.1) is 0 Å². The van der Waals surface area contributed by atoms with E-state index in [1.807, 2.05) is 54.6 Å². The number of rotatable bonds is 10. The molecule has 0 heterocycles. The van der Waals surface area contributed by atoms with E-state index in [0.717, 1.165) is 28.8 Å². The van der Waals surface area contributed by atoms with Crippen LogP contribution in [0.4, 0.5) is 8.78 Å². The first-order chi connectivity index (χ1) is 16.8. The van der Waals surface area contributed by atoms with Gasteiger partial charge in [-0.05, 0) is 55.0 Å². The molecule has 2 atom stereocenters. The number of aromatic hydroxyl groups is 1. The number of benzene rings is 3. The fraction of sp³-hybridized carbons (Fsp3) is 0.286. The van der Waals surface area contributed by atoms with Gasteiger partial charge in [0.2, 0.25) is 0 Å². The van der Waals surface area contributed by atoms with Gasteiger partial charge in [0.1, 0.15) is 0 Å². The van der Waals surface area contributed by atoms with E-state index in [4.69, 9.17) is 4.74 Å². The summed E-state index contributed by atoms with van der Waals surface area (Å²) < 4.78 is 32.7. The molecule has 0 aliphatic rings. The Hall–Kier alpha value is -3.74. The lowest BCUT2D eigenvalue weighted by Crippen LogP contribution is -2.38. The fourth-order valence-corrected chi connectivity index (χ4v) is 3.87. The molecule has 35 heavy (non-hydrogen) atoms. The highest BCUT2D eigenvalue weighted by Crippen LogP contribution is 2.24. The van der Waals surface area contributed by atoms with Gasteiger partial charge in [-0.1, -0.05) is 61.5 Å². The Morgan fingerprint density at radius 3 is 2.29 bits per heavy atom. The molecule has 184 valence electrons. The number of carbonyl (C=O) groups excluding carboxylic acids is 2. The van der Waals surface area contributed by atoms with Crippen molar-refractivity contribution in [3.63, 3.8) is 0 Å². The molecule has 0 aromatic heterocycles. The normalized spacial score (nSPS) is 12.6. The van der Waals surface area contributed by atoms with E-state index >= 15 is 0 Å². The van der Waals surface area contributed by atoms with Crippen LogP contribution in [0.15, 0.2) is 66.7 Å². The van der Waals surface area contributed by atoms with Crippen molar-refractivity contribution < 1.29 is 28.2 Å². The lowest BCUT2D eigenvalue weighted by Gasteiger charge is -2.22. The number of aryl methyl sites for hydroxylation is 1. The average molecular weight is 482 g/mol. The Kier molecular flexibility index (Phi) is 8.95. The summed E-state index contributed by atoms with van der Waals surface area (Å²) in [6, 6.07) is 19.4. The maximum atomic E-state index is 14.3. The van der Waals surface area contributed by atoms with Gasteiger partial charge in [0, 0.05) is 6.04 Å². The summed E-state index contributed by atoms with van der Waals surface area (Å²) in [7, 11) is 0. The van der Waals surface area contributed by atoms with Gasteiger partial charge in [-0.25, -0.2) is 8.78 Å². The molecule has 3 rings (SSSR count). The SMILES string of the molecule is CCOC(=O)C(C)CC(CCc1ccc(-c2ccccc2)cc1)NC(=O)c1ccc(F)c(O)c1F. The molecule has 1 amide bonds. The Bertz CT molecular complexity index is 1150. The van der Waals surface area contributed by atoms with Gasteiger partial charge in [-0.2, -0.15) is 0 Å². The van der Waals surface area contributed by atoms with Crippen LogP contribution in [0.3, 0.4) is 0 Å². The number of ether oxygens (including phenoxy) is 1. The first kappa shape index (κ1) is 25.9. The quantitative estimate of drug-likeness (QED) is 0.367. The van der Waals surface area contributed by atoms with E-state index in [0.29, 0.717) is 12.8 Å². The van der Waals surface area contributed by atoms with Crippen LogP contribution in [0.25, 0.3) is 11.1 Å². The first-order valence-electron chi connectivity index (χ1n) is 11.6. The molecule has 5 nitrogen and oxygen atoms in total. The number of hydrogen-bond acceptors (Lipinski definition) is 4. The molecular formula is C28H29F2NO4. The van der Waals surface area contributed by atoms with Gasteiger partial charge >= 0.3 is 5.97 Å². The predicted octanol–water partition coefficient (Wildman–Crippen LogP) is 5.66. The smallest absolute Gasteiger partial charge is 0.308 e. The lowest BCUT2D eigenvalue weighted by atomic mass is 9.95. The second-order valence-corrected chi connectivity index (χ2v) is 8.42. The van der Waals surface area contributed by atoms with Crippen LogP contribution in [-0.4, -0.2) is 29.6 Å². The number of amides is 1. The van der Waals surface area contributed by atoms with Crippen molar-refractivity contribution in [3.05, 3.63) is 89.5 Å². The Labute approximate surface area is 203 Å². The number of hydrogen-bond donors (Lipinski definition) is 2. The third-order valence-electron chi connectivity index (χ3n) is 5.82. The zero-order valence-electron chi connectivity index (χ0n) is 19.8. The van der Waals surface area contributed by atoms with Gasteiger partial charge in [-0.3, -0.25) is 9.59 Å². The van der Waals surface area contributed by atoms with Crippen molar-refractivity contribution in [1.82, 2.24) is 5.32 Å². The summed E-state index contributed by atoms with van der Waals surface area (Å²) in [5.74, 6) is -5.34. The van der Waals surface area contributed by atoms with Crippen molar-refractivity contribution in [1.29, 1.82) is 0 Å². The van der Waals surface area contributed by atoms with E-state index in [9.17, 15) is 23.5 Å². The summed E-state index contributed by atoms with van der Waals surface area (Å²) in [4.78, 5) is 24.9. The molecule has 2 unspecified atom stereocenters. The molecule has 7 heteroatoms. The minimum Gasteiger partial charge on any atom is -0.503 e. The summed E-state index contributed by atoms with van der Waals surface area (Å²) in [6.07, 6.45) is 1.36. The molecule has 0 spiro atoms. The number of carbonyl (C=O) groups is 2. The minimum atomic E-state index is -1.32. The summed E-state index contributed by atoms with van der Waals surface area (Å²) >= 11 is 0. The third-order valence-corrected chi connectivity index (χ3v) is 5.82. The molecule has 0 saturated heterocycles. The highest BCUT2D eigenvalue weighted by Gasteiger charge is 2.24. The van der Waals surface area contributed by atoms with Gasteiger partial charge in [0.05, 0.1) is 18.1 Å². The van der Waals surface area contributed by atoms with Crippen molar-refractivity contribution in [3.8, 4) is 16.9 Å². The molecular weight excluding hydrogens is 452 g/mol. The minimum absolute atomic E-state index is 0.244. The van der Waals surface area contributed by atoms with Crippen LogP contribution in [0, 0.1) is 17.6 Å². The van der Waals surface area contributed by atoms with Crippen molar-refractivity contribution in [2.75, 3.05) is 6.61 Å². The fourth-order valence-electron chi connectivity index (χ4n) is 3.87. The molecule has 0 fully saturated rings. The molecule has 3 aromatic rings. The summed E-state index contributed by atoms with van der Waals surface area (Å²) in [5, 5.41) is 12.2. The van der Waals surface area contributed by atoms with Crippen LogP contribution in [0.5, 0.6) is 5.75 Å². The number of halogens is 2. The third kappa shape index (κ3) is 6.88. The van der Waals surface area contributed by atoms with E-state index < -0.39 is 40.8 Å². The Morgan fingerprint density at radius 1 is 0.971 bits per heavy atom. The first-order valence-corrected chi connectivity index (χ1v) is 11.6. The standard InChI is InChI=1S/C28H29F2NO4/c1-3-35-28(34)18(2)17-22(31-27(33)23-15-16-24(29)26(32)25(23)30)14-11-19-9-12-21(13-10-19)20-7-5-4-6-8-20/h4-10,12-13,15-16,18,22,32H,3,11,14,17H2,1-2H3,(H,31,33). The van der Waals surface area contributed by atoms with Crippen molar-refractivity contribution in [2.45, 2.75) is 39.2 Å². The summed E-state index contributed by atoms with van der Waals surface area (Å²) in [6.45, 7) is 3.66. The van der Waals surface area contributed by atoms with E-state index in [2.05, 4.69) is 5.32 Å². The maximum Gasteiger partial charge on any atom is 0.308 e. The Balaban J connectivity index is 1.72.